The van der Waals surface area contributed by atoms with Crippen LogP contribution in [0.3, 0.4) is 0 Å². The molecule has 0 aliphatic carbocycles. The van der Waals surface area contributed by atoms with Gasteiger partial charge in [0, 0.05) is 24.2 Å². The normalized spacial score (nSPS) is 11.2. The van der Waals surface area contributed by atoms with E-state index in [1.165, 1.54) is 11.1 Å². The van der Waals surface area contributed by atoms with Crippen LogP contribution < -0.4 is 0 Å². The number of aromatic nitrogens is 2. The molecule has 0 saturated heterocycles. The molecule has 0 aliphatic heterocycles. The Balaban J connectivity index is 2.19. The largest absolute Gasteiger partial charge is 0.395 e. The van der Waals surface area contributed by atoms with Gasteiger partial charge in [0.15, 0.2) is 0 Å². The van der Waals surface area contributed by atoms with Gasteiger partial charge in [0.1, 0.15) is 0 Å². The number of benzene rings is 1. The molecular formula is C16H23N3O. The molecule has 0 unspecified atom stereocenters. The Morgan fingerprint density at radius 1 is 1.30 bits per heavy atom. The average molecular weight is 273 g/mol. The number of nitrogens with one attached hydrogen (secondary N) is 1. The van der Waals surface area contributed by atoms with E-state index in [-0.39, 0.29) is 6.61 Å². The number of aromatic amines is 1. The highest BCUT2D eigenvalue weighted by atomic mass is 16.3. The topological polar surface area (TPSA) is 52.1 Å². The molecule has 0 amide bonds. The van der Waals surface area contributed by atoms with Crippen molar-refractivity contribution in [3.05, 3.63) is 41.6 Å². The molecule has 20 heavy (non-hydrogen) atoms. The van der Waals surface area contributed by atoms with Gasteiger partial charge < -0.3 is 5.11 Å². The van der Waals surface area contributed by atoms with E-state index < -0.39 is 0 Å². The Morgan fingerprint density at radius 3 is 2.85 bits per heavy atom. The van der Waals surface area contributed by atoms with Gasteiger partial charge in [-0.1, -0.05) is 30.7 Å². The second-order valence-corrected chi connectivity index (χ2v) is 5.14. The molecular weight excluding hydrogens is 250 g/mol. The van der Waals surface area contributed by atoms with Crippen LogP contribution in [0, 0.1) is 6.92 Å². The standard InChI is InChI=1S/C16H23N3O/c1-3-7-19(8-9-20)12-15-11-17-18-16(15)14-6-4-5-13(2)10-14/h4-6,10-11,20H,3,7-9,12H2,1-2H3,(H,17,18). The van der Waals surface area contributed by atoms with E-state index in [0.717, 1.165) is 30.8 Å². The van der Waals surface area contributed by atoms with Crippen LogP contribution in [-0.4, -0.2) is 39.9 Å². The maximum Gasteiger partial charge on any atom is 0.0695 e. The van der Waals surface area contributed by atoms with Gasteiger partial charge in [0.05, 0.1) is 18.5 Å². The molecule has 2 aromatic rings. The number of H-pyrrole nitrogens is 1. The van der Waals surface area contributed by atoms with Gasteiger partial charge in [0.25, 0.3) is 0 Å². The fraction of sp³-hybridized carbons (Fsp3) is 0.438. The van der Waals surface area contributed by atoms with E-state index in [9.17, 15) is 0 Å². The SMILES string of the molecule is CCCN(CCO)Cc1cn[nH]c1-c1cccc(C)c1. The van der Waals surface area contributed by atoms with Crippen LogP contribution >= 0.6 is 0 Å². The van der Waals surface area contributed by atoms with Crippen molar-refractivity contribution < 1.29 is 5.11 Å². The second-order valence-electron chi connectivity index (χ2n) is 5.14. The predicted molar refractivity (Wildman–Crippen MR) is 81.4 cm³/mol. The van der Waals surface area contributed by atoms with Gasteiger partial charge >= 0.3 is 0 Å². The fourth-order valence-corrected chi connectivity index (χ4v) is 2.45. The first-order valence-electron chi connectivity index (χ1n) is 7.17. The van der Waals surface area contributed by atoms with Crippen molar-refractivity contribution in [1.29, 1.82) is 0 Å². The summed E-state index contributed by atoms with van der Waals surface area (Å²) in [7, 11) is 0. The molecule has 0 saturated carbocycles. The van der Waals surface area contributed by atoms with Gasteiger partial charge in [-0.2, -0.15) is 5.10 Å². The van der Waals surface area contributed by atoms with Crippen LogP contribution in [0.5, 0.6) is 0 Å². The molecule has 0 bridgehead atoms. The first kappa shape index (κ1) is 14.8. The first-order valence-corrected chi connectivity index (χ1v) is 7.17. The van der Waals surface area contributed by atoms with Gasteiger partial charge in [-0.25, -0.2) is 0 Å². The fourth-order valence-electron chi connectivity index (χ4n) is 2.45. The summed E-state index contributed by atoms with van der Waals surface area (Å²) in [6, 6.07) is 8.41. The van der Waals surface area contributed by atoms with Gasteiger partial charge in [-0.15, -0.1) is 0 Å². The average Bonchev–Trinajstić information content (AvgIpc) is 2.87. The summed E-state index contributed by atoms with van der Waals surface area (Å²) in [6.07, 6.45) is 2.97. The van der Waals surface area contributed by atoms with E-state index in [2.05, 4.69) is 53.2 Å². The summed E-state index contributed by atoms with van der Waals surface area (Å²) in [5.41, 5.74) is 4.66. The molecule has 2 rings (SSSR count). The summed E-state index contributed by atoms with van der Waals surface area (Å²) in [6.45, 7) is 6.94. The smallest absolute Gasteiger partial charge is 0.0695 e. The minimum atomic E-state index is 0.192. The molecule has 4 heteroatoms. The van der Waals surface area contributed by atoms with Crippen LogP contribution in [0.15, 0.2) is 30.5 Å². The Hall–Kier alpha value is -1.65. The first-order chi connectivity index (χ1) is 9.74. The molecule has 0 spiro atoms. The molecule has 108 valence electrons. The third-order valence-electron chi connectivity index (χ3n) is 3.37. The minimum absolute atomic E-state index is 0.192. The maximum atomic E-state index is 9.15. The summed E-state index contributed by atoms with van der Waals surface area (Å²) in [5, 5.41) is 16.4. The van der Waals surface area contributed by atoms with Crippen LogP contribution in [0.1, 0.15) is 24.5 Å². The lowest BCUT2D eigenvalue weighted by molar-refractivity contribution is 0.190. The zero-order chi connectivity index (χ0) is 14.4. The third kappa shape index (κ3) is 3.68. The number of hydrogen-bond acceptors (Lipinski definition) is 3. The van der Waals surface area contributed by atoms with Gasteiger partial charge in [0.2, 0.25) is 0 Å². The number of aliphatic hydroxyl groups is 1. The molecule has 1 heterocycles. The molecule has 2 N–H and O–H groups in total. The van der Waals surface area contributed by atoms with Crippen LogP contribution in [-0.2, 0) is 6.54 Å². The van der Waals surface area contributed by atoms with Crippen LogP contribution in [0.2, 0.25) is 0 Å². The van der Waals surface area contributed by atoms with Crippen molar-refractivity contribution >= 4 is 0 Å². The predicted octanol–water partition coefficient (Wildman–Crippen LogP) is 2.59. The van der Waals surface area contributed by atoms with E-state index in [4.69, 9.17) is 5.11 Å². The van der Waals surface area contributed by atoms with E-state index in [0.29, 0.717) is 6.54 Å². The zero-order valence-corrected chi connectivity index (χ0v) is 12.3. The van der Waals surface area contributed by atoms with Gasteiger partial charge in [-0.3, -0.25) is 10.00 Å². The lowest BCUT2D eigenvalue weighted by Crippen LogP contribution is -2.27. The van der Waals surface area contributed by atoms with Crippen molar-refractivity contribution in [3.8, 4) is 11.3 Å². The molecule has 4 nitrogen and oxygen atoms in total. The zero-order valence-electron chi connectivity index (χ0n) is 12.3. The Kier molecular flexibility index (Phi) is 5.32. The van der Waals surface area contributed by atoms with Crippen molar-refractivity contribution in [2.24, 2.45) is 0 Å². The highest BCUT2D eigenvalue weighted by Gasteiger charge is 2.11. The monoisotopic (exact) mass is 273 g/mol. The molecule has 0 fully saturated rings. The molecule has 1 aromatic carbocycles. The lowest BCUT2D eigenvalue weighted by Gasteiger charge is -2.20. The Morgan fingerprint density at radius 2 is 2.15 bits per heavy atom. The number of rotatable bonds is 7. The molecule has 0 radical (unpaired) electrons. The van der Waals surface area contributed by atoms with E-state index in [1.54, 1.807) is 0 Å². The second kappa shape index (κ2) is 7.22. The Labute approximate surface area is 120 Å². The van der Waals surface area contributed by atoms with Crippen LogP contribution in [0.25, 0.3) is 11.3 Å². The highest BCUT2D eigenvalue weighted by molar-refractivity contribution is 5.63. The summed E-state index contributed by atoms with van der Waals surface area (Å²) in [5.74, 6) is 0. The third-order valence-corrected chi connectivity index (χ3v) is 3.37. The molecule has 1 aromatic heterocycles. The molecule has 0 aliphatic rings. The number of aliphatic hydroxyl groups excluding tert-OH is 1. The van der Waals surface area contributed by atoms with Crippen molar-refractivity contribution in [2.45, 2.75) is 26.8 Å². The summed E-state index contributed by atoms with van der Waals surface area (Å²) < 4.78 is 0. The van der Waals surface area contributed by atoms with Crippen molar-refractivity contribution in [1.82, 2.24) is 15.1 Å². The Bertz CT molecular complexity index is 530. The highest BCUT2D eigenvalue weighted by Crippen LogP contribution is 2.23. The van der Waals surface area contributed by atoms with E-state index >= 15 is 0 Å². The lowest BCUT2D eigenvalue weighted by atomic mass is 10.1. The number of hydrogen-bond donors (Lipinski definition) is 2. The van der Waals surface area contributed by atoms with Crippen molar-refractivity contribution in [2.75, 3.05) is 19.7 Å². The number of nitrogens with zero attached hydrogens (tertiary/aromatic N) is 2. The maximum absolute atomic E-state index is 9.15. The van der Waals surface area contributed by atoms with E-state index in [1.807, 2.05) is 6.20 Å². The van der Waals surface area contributed by atoms with Gasteiger partial charge in [-0.05, 0) is 26.0 Å². The quantitative estimate of drug-likeness (QED) is 0.815. The minimum Gasteiger partial charge on any atom is -0.395 e. The molecule has 0 atom stereocenters. The van der Waals surface area contributed by atoms with Crippen molar-refractivity contribution in [3.63, 3.8) is 0 Å². The summed E-state index contributed by atoms with van der Waals surface area (Å²) >= 11 is 0. The summed E-state index contributed by atoms with van der Waals surface area (Å²) in [4.78, 5) is 2.25. The van der Waals surface area contributed by atoms with Crippen LogP contribution in [0.4, 0.5) is 0 Å². The number of aryl methyl sites for hydroxylation is 1.